The molecule has 1 heterocycles. The first-order valence-corrected chi connectivity index (χ1v) is 7.37. The first-order valence-electron chi connectivity index (χ1n) is 7.37. The molecule has 1 aliphatic carbocycles. The van der Waals surface area contributed by atoms with Gasteiger partial charge in [0, 0.05) is 19.3 Å². The van der Waals surface area contributed by atoms with Crippen LogP contribution in [0.5, 0.6) is 0 Å². The summed E-state index contributed by atoms with van der Waals surface area (Å²) in [6.45, 7) is 5.49. The maximum absolute atomic E-state index is 12.5. The fourth-order valence-corrected chi connectivity index (χ4v) is 3.30. The zero-order valence-corrected chi connectivity index (χ0v) is 11.9. The molecule has 0 radical (unpaired) electrons. The average Bonchev–Trinajstić information content (AvgIpc) is 2.42. The molecule has 1 N–H and O–H groups in total. The lowest BCUT2D eigenvalue weighted by Crippen LogP contribution is -2.50. The zero-order chi connectivity index (χ0) is 13.9. The molecule has 1 amide bonds. The number of rotatable bonds is 2. The fraction of sp³-hybridized carbons (Fsp3) is 0.867. The van der Waals surface area contributed by atoms with Crippen molar-refractivity contribution in [1.29, 1.82) is 5.26 Å². The third kappa shape index (κ3) is 3.09. The van der Waals surface area contributed by atoms with E-state index in [0.717, 1.165) is 25.2 Å². The predicted octanol–water partition coefficient (Wildman–Crippen LogP) is 2.25. The van der Waals surface area contributed by atoms with Crippen LogP contribution in [0.25, 0.3) is 0 Å². The molecule has 2 aliphatic rings. The standard InChI is InChI=1S/C15H24N2O2/c1-11-3-4-13(12(2)9-11)17-14(18)15(10-16)5-7-19-8-6-15/h11-13H,3-9H2,1-2H3,(H,17,18). The molecule has 2 fully saturated rings. The zero-order valence-electron chi connectivity index (χ0n) is 11.9. The third-order valence-corrected chi connectivity index (χ3v) is 4.74. The molecular formula is C15H24N2O2. The van der Waals surface area contributed by atoms with Crippen LogP contribution in [0, 0.1) is 28.6 Å². The van der Waals surface area contributed by atoms with E-state index in [-0.39, 0.29) is 11.9 Å². The molecule has 4 nitrogen and oxygen atoms in total. The van der Waals surface area contributed by atoms with E-state index >= 15 is 0 Å². The molecule has 1 saturated heterocycles. The smallest absolute Gasteiger partial charge is 0.240 e. The molecule has 0 spiro atoms. The number of hydrogen-bond acceptors (Lipinski definition) is 3. The Balaban J connectivity index is 1.98. The van der Waals surface area contributed by atoms with Crippen molar-refractivity contribution in [3.05, 3.63) is 0 Å². The van der Waals surface area contributed by atoms with E-state index < -0.39 is 5.41 Å². The first-order chi connectivity index (χ1) is 9.07. The normalized spacial score (nSPS) is 34.3. The number of amides is 1. The maximum atomic E-state index is 12.5. The highest BCUT2D eigenvalue weighted by molar-refractivity contribution is 5.85. The number of hydrogen-bond donors (Lipinski definition) is 1. The van der Waals surface area contributed by atoms with Crippen molar-refractivity contribution in [2.75, 3.05) is 13.2 Å². The molecule has 2 rings (SSSR count). The van der Waals surface area contributed by atoms with Gasteiger partial charge in [-0.3, -0.25) is 4.79 Å². The number of nitriles is 1. The number of carbonyl (C=O) groups is 1. The fourth-order valence-electron chi connectivity index (χ4n) is 3.30. The largest absolute Gasteiger partial charge is 0.381 e. The summed E-state index contributed by atoms with van der Waals surface area (Å²) >= 11 is 0. The quantitative estimate of drug-likeness (QED) is 0.832. The van der Waals surface area contributed by atoms with Crippen LogP contribution in [-0.2, 0) is 9.53 Å². The van der Waals surface area contributed by atoms with Crippen LogP contribution in [0.1, 0.15) is 46.0 Å². The second kappa shape index (κ2) is 5.92. The second-order valence-corrected chi connectivity index (χ2v) is 6.28. The summed E-state index contributed by atoms with van der Waals surface area (Å²) in [5, 5.41) is 12.5. The van der Waals surface area contributed by atoms with E-state index in [9.17, 15) is 10.1 Å². The van der Waals surface area contributed by atoms with Crippen LogP contribution in [0.2, 0.25) is 0 Å². The van der Waals surface area contributed by atoms with E-state index in [0.29, 0.717) is 32.0 Å². The summed E-state index contributed by atoms with van der Waals surface area (Å²) in [6, 6.07) is 2.47. The van der Waals surface area contributed by atoms with Gasteiger partial charge in [0.05, 0.1) is 6.07 Å². The van der Waals surface area contributed by atoms with Crippen molar-refractivity contribution in [3.8, 4) is 6.07 Å². The molecular weight excluding hydrogens is 240 g/mol. The van der Waals surface area contributed by atoms with Crippen molar-refractivity contribution in [3.63, 3.8) is 0 Å². The van der Waals surface area contributed by atoms with Crippen LogP contribution in [-0.4, -0.2) is 25.2 Å². The number of nitrogens with zero attached hydrogens (tertiary/aromatic N) is 1. The van der Waals surface area contributed by atoms with Gasteiger partial charge in [-0.15, -0.1) is 0 Å². The Morgan fingerprint density at radius 2 is 2.00 bits per heavy atom. The Morgan fingerprint density at radius 1 is 1.32 bits per heavy atom. The van der Waals surface area contributed by atoms with Crippen LogP contribution in [0.4, 0.5) is 0 Å². The van der Waals surface area contributed by atoms with E-state index in [1.54, 1.807) is 0 Å². The van der Waals surface area contributed by atoms with E-state index in [1.165, 1.54) is 0 Å². The van der Waals surface area contributed by atoms with Crippen molar-refractivity contribution < 1.29 is 9.53 Å². The van der Waals surface area contributed by atoms with Crippen molar-refractivity contribution in [2.45, 2.75) is 52.0 Å². The first kappa shape index (κ1) is 14.3. The van der Waals surface area contributed by atoms with E-state index in [2.05, 4.69) is 25.2 Å². The summed E-state index contributed by atoms with van der Waals surface area (Å²) in [5.74, 6) is 1.17. The van der Waals surface area contributed by atoms with Gasteiger partial charge in [0.1, 0.15) is 5.41 Å². The summed E-state index contributed by atoms with van der Waals surface area (Å²) in [5.41, 5.74) is -0.860. The summed E-state index contributed by atoms with van der Waals surface area (Å²) in [4.78, 5) is 12.5. The molecule has 1 aliphatic heterocycles. The Labute approximate surface area is 115 Å². The highest BCUT2D eigenvalue weighted by Crippen LogP contribution is 2.33. The monoisotopic (exact) mass is 264 g/mol. The minimum atomic E-state index is -0.860. The summed E-state index contributed by atoms with van der Waals surface area (Å²) in [7, 11) is 0. The lowest BCUT2D eigenvalue weighted by atomic mass is 9.77. The van der Waals surface area contributed by atoms with Crippen molar-refractivity contribution in [1.82, 2.24) is 5.32 Å². The van der Waals surface area contributed by atoms with Gasteiger partial charge in [0.15, 0.2) is 0 Å². The number of ether oxygens (including phenoxy) is 1. The van der Waals surface area contributed by atoms with Crippen molar-refractivity contribution >= 4 is 5.91 Å². The molecule has 0 aromatic rings. The van der Waals surface area contributed by atoms with Crippen LogP contribution < -0.4 is 5.32 Å². The molecule has 106 valence electrons. The highest BCUT2D eigenvalue weighted by atomic mass is 16.5. The SMILES string of the molecule is CC1CCC(NC(=O)C2(C#N)CCOCC2)C(C)C1. The Kier molecular flexibility index (Phi) is 4.46. The van der Waals surface area contributed by atoms with Gasteiger partial charge >= 0.3 is 0 Å². The van der Waals surface area contributed by atoms with Gasteiger partial charge in [-0.2, -0.15) is 5.26 Å². The Bertz CT molecular complexity index is 369. The average molecular weight is 264 g/mol. The van der Waals surface area contributed by atoms with Crippen LogP contribution in [0.3, 0.4) is 0 Å². The molecule has 3 atom stereocenters. The Hall–Kier alpha value is -1.08. The molecule has 4 heteroatoms. The molecule has 0 aromatic heterocycles. The molecule has 0 aromatic carbocycles. The van der Waals surface area contributed by atoms with Gasteiger partial charge in [-0.05, 0) is 43.9 Å². The van der Waals surface area contributed by atoms with E-state index in [4.69, 9.17) is 4.74 Å². The van der Waals surface area contributed by atoms with Gasteiger partial charge in [-0.1, -0.05) is 13.8 Å². The molecule has 19 heavy (non-hydrogen) atoms. The number of nitrogens with one attached hydrogen (secondary N) is 1. The molecule has 0 bridgehead atoms. The third-order valence-electron chi connectivity index (χ3n) is 4.74. The van der Waals surface area contributed by atoms with Crippen LogP contribution >= 0.6 is 0 Å². The molecule has 1 saturated carbocycles. The van der Waals surface area contributed by atoms with Crippen LogP contribution in [0.15, 0.2) is 0 Å². The highest BCUT2D eigenvalue weighted by Gasteiger charge is 2.42. The van der Waals surface area contributed by atoms with Crippen molar-refractivity contribution in [2.24, 2.45) is 17.3 Å². The lowest BCUT2D eigenvalue weighted by Gasteiger charge is -2.36. The van der Waals surface area contributed by atoms with Gasteiger partial charge in [0.2, 0.25) is 5.91 Å². The van der Waals surface area contributed by atoms with Gasteiger partial charge in [-0.25, -0.2) is 0 Å². The predicted molar refractivity (Wildman–Crippen MR) is 72.2 cm³/mol. The topological polar surface area (TPSA) is 62.1 Å². The Morgan fingerprint density at radius 3 is 2.58 bits per heavy atom. The summed E-state index contributed by atoms with van der Waals surface area (Å²) < 4.78 is 5.27. The number of carbonyl (C=O) groups excluding carboxylic acids is 1. The van der Waals surface area contributed by atoms with E-state index in [1.807, 2.05) is 0 Å². The lowest BCUT2D eigenvalue weighted by molar-refractivity contribution is -0.133. The summed E-state index contributed by atoms with van der Waals surface area (Å²) in [6.07, 6.45) is 4.40. The minimum absolute atomic E-state index is 0.0790. The molecule has 3 unspecified atom stereocenters. The van der Waals surface area contributed by atoms with Gasteiger partial charge < -0.3 is 10.1 Å². The minimum Gasteiger partial charge on any atom is -0.381 e. The second-order valence-electron chi connectivity index (χ2n) is 6.28. The maximum Gasteiger partial charge on any atom is 0.240 e. The van der Waals surface area contributed by atoms with Gasteiger partial charge in [0.25, 0.3) is 0 Å².